The molecule has 1 aromatic carbocycles. The second kappa shape index (κ2) is 9.78. The fraction of sp³-hybridized carbons (Fsp3) is 0.500. The first-order valence-electron chi connectivity index (χ1n) is 8.96. The van der Waals surface area contributed by atoms with E-state index in [1.807, 2.05) is 44.2 Å². The van der Waals surface area contributed by atoms with Gasteiger partial charge >= 0.3 is 0 Å². The number of nitrogens with zero attached hydrogens (tertiary/aromatic N) is 1. The third kappa shape index (κ3) is 5.19. The van der Waals surface area contributed by atoms with Crippen LogP contribution < -0.4 is 0 Å². The molecule has 0 fully saturated rings. The molecule has 1 aliphatic heterocycles. The molecule has 0 atom stereocenters. The number of ether oxygens (including phenoxy) is 1. The van der Waals surface area contributed by atoms with Gasteiger partial charge in [-0.15, -0.1) is 11.8 Å². The van der Waals surface area contributed by atoms with Crippen LogP contribution in [0.5, 0.6) is 0 Å². The smallest absolute Gasteiger partial charge is 0.267 e. The summed E-state index contributed by atoms with van der Waals surface area (Å²) < 4.78 is 5.54. The number of thioether (sulfide) groups is 1. The first-order chi connectivity index (χ1) is 12.1. The van der Waals surface area contributed by atoms with Gasteiger partial charge in [-0.25, -0.2) is 0 Å². The van der Waals surface area contributed by atoms with Crippen molar-refractivity contribution in [2.75, 3.05) is 19.8 Å². The Balaban J connectivity index is 2.09. The van der Waals surface area contributed by atoms with Crippen molar-refractivity contribution in [2.24, 2.45) is 0 Å². The number of unbranched alkanes of at least 4 members (excludes halogenated alkanes) is 1. The number of rotatable bonds is 10. The van der Waals surface area contributed by atoms with Crippen LogP contribution in [-0.4, -0.2) is 41.7 Å². The summed E-state index contributed by atoms with van der Waals surface area (Å²) >= 11 is 1.47. The van der Waals surface area contributed by atoms with Gasteiger partial charge in [0.25, 0.3) is 11.8 Å². The lowest BCUT2D eigenvalue weighted by Crippen LogP contribution is -2.33. The molecule has 0 aromatic heterocycles. The van der Waals surface area contributed by atoms with Crippen molar-refractivity contribution in [3.8, 4) is 0 Å². The van der Waals surface area contributed by atoms with Gasteiger partial charge in [-0.05, 0) is 18.4 Å². The minimum Gasteiger partial charge on any atom is -0.381 e. The first kappa shape index (κ1) is 19.7. The van der Waals surface area contributed by atoms with Crippen LogP contribution >= 0.6 is 11.8 Å². The average Bonchev–Trinajstić information content (AvgIpc) is 2.82. The normalized spacial score (nSPS) is 15.0. The molecule has 0 N–H and O–H groups in total. The topological polar surface area (TPSA) is 46.6 Å². The van der Waals surface area contributed by atoms with Crippen molar-refractivity contribution in [3.05, 3.63) is 40.8 Å². The summed E-state index contributed by atoms with van der Waals surface area (Å²) in [5.74, 6) is -0.357. The van der Waals surface area contributed by atoms with Crippen molar-refractivity contribution in [1.29, 1.82) is 0 Å². The van der Waals surface area contributed by atoms with E-state index in [4.69, 9.17) is 4.74 Å². The number of hydrogen-bond donors (Lipinski definition) is 0. The van der Waals surface area contributed by atoms with Gasteiger partial charge in [-0.2, -0.15) is 0 Å². The fourth-order valence-corrected chi connectivity index (χ4v) is 3.64. The number of hydrogen-bond acceptors (Lipinski definition) is 4. The first-order valence-corrected chi connectivity index (χ1v) is 9.84. The summed E-state index contributed by atoms with van der Waals surface area (Å²) in [5, 5.41) is 0.239. The standard InChI is InChI=1S/C20H27NO3S/c1-4-5-13-24-14-9-12-21-19(22)17(16-10-7-6-8-11-16)18(20(21)23)25-15(2)3/h6-8,10-11,15H,4-5,9,12-14H2,1-3H3. The van der Waals surface area contributed by atoms with E-state index in [0.717, 1.165) is 25.0 Å². The molecule has 0 aliphatic carbocycles. The molecule has 0 spiro atoms. The predicted octanol–water partition coefficient (Wildman–Crippen LogP) is 4.11. The molecule has 25 heavy (non-hydrogen) atoms. The van der Waals surface area contributed by atoms with Gasteiger partial charge in [-0.1, -0.05) is 57.5 Å². The van der Waals surface area contributed by atoms with Gasteiger partial charge < -0.3 is 4.74 Å². The van der Waals surface area contributed by atoms with Crippen LogP contribution in [0.25, 0.3) is 5.57 Å². The zero-order valence-corrected chi connectivity index (χ0v) is 16.1. The summed E-state index contributed by atoms with van der Waals surface area (Å²) in [6.07, 6.45) is 2.81. The summed E-state index contributed by atoms with van der Waals surface area (Å²) in [6.45, 7) is 7.90. The van der Waals surface area contributed by atoms with Crippen LogP contribution in [0.2, 0.25) is 0 Å². The third-order valence-electron chi connectivity index (χ3n) is 3.85. The monoisotopic (exact) mass is 361 g/mol. The Bertz CT molecular complexity index is 625. The van der Waals surface area contributed by atoms with Gasteiger partial charge in [0, 0.05) is 25.0 Å². The van der Waals surface area contributed by atoms with Crippen LogP contribution in [0.3, 0.4) is 0 Å². The van der Waals surface area contributed by atoms with Gasteiger partial charge in [-0.3, -0.25) is 14.5 Å². The van der Waals surface area contributed by atoms with Crippen molar-refractivity contribution in [2.45, 2.75) is 45.3 Å². The lowest BCUT2D eigenvalue weighted by atomic mass is 10.1. The summed E-state index contributed by atoms with van der Waals surface area (Å²) in [5.41, 5.74) is 1.35. The van der Waals surface area contributed by atoms with E-state index < -0.39 is 0 Å². The van der Waals surface area contributed by atoms with Crippen LogP contribution in [0.1, 0.15) is 45.6 Å². The molecule has 0 radical (unpaired) electrons. The Kier molecular flexibility index (Phi) is 7.72. The van der Waals surface area contributed by atoms with Crippen molar-refractivity contribution in [3.63, 3.8) is 0 Å². The van der Waals surface area contributed by atoms with E-state index in [1.165, 1.54) is 16.7 Å². The molecule has 2 rings (SSSR count). The zero-order valence-electron chi connectivity index (χ0n) is 15.3. The van der Waals surface area contributed by atoms with Crippen LogP contribution in [-0.2, 0) is 14.3 Å². The lowest BCUT2D eigenvalue weighted by molar-refractivity contribution is -0.136. The zero-order chi connectivity index (χ0) is 18.2. The molecular weight excluding hydrogens is 334 g/mol. The van der Waals surface area contributed by atoms with E-state index >= 15 is 0 Å². The highest BCUT2D eigenvalue weighted by atomic mass is 32.2. The Hall–Kier alpha value is -1.59. The molecule has 4 nitrogen and oxygen atoms in total. The second-order valence-electron chi connectivity index (χ2n) is 6.32. The molecule has 0 bridgehead atoms. The fourth-order valence-electron chi connectivity index (χ4n) is 2.63. The van der Waals surface area contributed by atoms with E-state index in [2.05, 4.69) is 6.92 Å². The van der Waals surface area contributed by atoms with Crippen molar-refractivity contribution >= 4 is 29.1 Å². The summed E-state index contributed by atoms with van der Waals surface area (Å²) in [7, 11) is 0. The van der Waals surface area contributed by atoms with Gasteiger partial charge in [0.2, 0.25) is 0 Å². The molecule has 0 saturated heterocycles. The molecule has 1 aromatic rings. The highest BCUT2D eigenvalue weighted by Crippen LogP contribution is 2.37. The summed E-state index contributed by atoms with van der Waals surface area (Å²) in [4.78, 5) is 27.6. The molecule has 1 aliphatic rings. The number of benzene rings is 1. The maximum atomic E-state index is 12.9. The lowest BCUT2D eigenvalue weighted by Gasteiger charge is -2.15. The third-order valence-corrected chi connectivity index (χ3v) is 4.94. The molecule has 1 heterocycles. The Morgan fingerprint density at radius 3 is 2.36 bits per heavy atom. The highest BCUT2D eigenvalue weighted by molar-refractivity contribution is 8.04. The minimum absolute atomic E-state index is 0.170. The molecule has 0 unspecified atom stereocenters. The maximum Gasteiger partial charge on any atom is 0.267 e. The van der Waals surface area contributed by atoms with E-state index in [1.54, 1.807) is 0 Å². The van der Waals surface area contributed by atoms with Crippen molar-refractivity contribution < 1.29 is 14.3 Å². The van der Waals surface area contributed by atoms with Crippen LogP contribution in [0.4, 0.5) is 0 Å². The van der Waals surface area contributed by atoms with E-state index in [0.29, 0.717) is 30.1 Å². The Morgan fingerprint density at radius 1 is 1.04 bits per heavy atom. The highest BCUT2D eigenvalue weighted by Gasteiger charge is 2.39. The van der Waals surface area contributed by atoms with Crippen molar-refractivity contribution in [1.82, 2.24) is 4.90 Å². The number of amides is 2. The Labute approximate surface area is 154 Å². The SMILES string of the molecule is CCCCOCCCN1C(=O)C(SC(C)C)=C(c2ccccc2)C1=O. The van der Waals surface area contributed by atoms with E-state index in [9.17, 15) is 9.59 Å². The second-order valence-corrected chi connectivity index (χ2v) is 7.90. The van der Waals surface area contributed by atoms with E-state index in [-0.39, 0.29) is 17.1 Å². The quantitative estimate of drug-likeness (QED) is 0.465. The molecule has 0 saturated carbocycles. The predicted molar refractivity (Wildman–Crippen MR) is 103 cm³/mol. The average molecular weight is 362 g/mol. The molecular formula is C20H27NO3S. The van der Waals surface area contributed by atoms with Gasteiger partial charge in [0.1, 0.15) is 0 Å². The van der Waals surface area contributed by atoms with Gasteiger partial charge in [0.05, 0.1) is 10.5 Å². The molecule has 2 amide bonds. The Morgan fingerprint density at radius 2 is 1.72 bits per heavy atom. The maximum absolute atomic E-state index is 12.9. The number of carbonyl (C=O) groups excluding carboxylic acids is 2. The largest absolute Gasteiger partial charge is 0.381 e. The minimum atomic E-state index is -0.187. The summed E-state index contributed by atoms with van der Waals surface area (Å²) in [6, 6.07) is 9.47. The van der Waals surface area contributed by atoms with Crippen LogP contribution in [0, 0.1) is 0 Å². The number of imide groups is 1. The number of carbonyl (C=O) groups is 2. The molecule has 136 valence electrons. The molecule has 5 heteroatoms. The van der Waals surface area contributed by atoms with Gasteiger partial charge in [0.15, 0.2) is 0 Å². The van der Waals surface area contributed by atoms with Crippen LogP contribution in [0.15, 0.2) is 35.2 Å².